The van der Waals surface area contributed by atoms with Gasteiger partial charge in [-0.15, -0.1) is 6.42 Å². The number of nitrogen functional groups attached to an aromatic ring is 1. The summed E-state index contributed by atoms with van der Waals surface area (Å²) < 4.78 is 31.9. The largest absolute Gasteiger partial charge is 0.508 e. The van der Waals surface area contributed by atoms with Crippen molar-refractivity contribution in [3.8, 4) is 12.3 Å². The number of nitrogens with zero attached hydrogens (tertiary/aromatic N) is 4. The zero-order valence-electron chi connectivity index (χ0n) is 21.4. The van der Waals surface area contributed by atoms with Gasteiger partial charge < -0.3 is 19.9 Å². The Morgan fingerprint density at radius 2 is 1.86 bits per heavy atom. The van der Waals surface area contributed by atoms with Gasteiger partial charge in [-0.1, -0.05) is 77.6 Å². The summed E-state index contributed by atoms with van der Waals surface area (Å²) in [5.74, 6) is 2.42. The first-order valence-electron chi connectivity index (χ1n) is 13.0. The molecule has 198 valence electrons. The first kappa shape index (κ1) is 27.7. The van der Waals surface area contributed by atoms with Crippen molar-refractivity contribution in [3.63, 3.8) is 0 Å². The van der Waals surface area contributed by atoms with E-state index in [4.69, 9.17) is 26.4 Å². The average Bonchev–Trinajstić information content (AvgIpc) is 3.42. The molecule has 1 aliphatic heterocycles. The van der Waals surface area contributed by atoms with Gasteiger partial charge in [0.25, 0.3) is 0 Å². The fraction of sp³-hybridized carbons (Fsp3) is 0.692. The summed E-state index contributed by atoms with van der Waals surface area (Å²) in [4.78, 5) is 23.6. The molecule has 0 amide bonds. The summed E-state index contributed by atoms with van der Waals surface area (Å²) >= 11 is 0. The van der Waals surface area contributed by atoms with Crippen LogP contribution in [-0.2, 0) is 14.2 Å². The molecule has 3 rings (SSSR count). The monoisotopic (exact) mass is 503 g/mol. The molecule has 1 saturated heterocycles. The van der Waals surface area contributed by atoms with E-state index in [0.717, 1.165) is 19.3 Å². The molecule has 1 fully saturated rings. The summed E-state index contributed by atoms with van der Waals surface area (Å²) in [6.07, 6.45) is 17.4. The number of carbonyl (C=O) groups is 1. The maximum atomic E-state index is 13.7. The van der Waals surface area contributed by atoms with E-state index in [9.17, 15) is 9.18 Å². The molecule has 9 nitrogen and oxygen atoms in total. The summed E-state index contributed by atoms with van der Waals surface area (Å²) in [7, 11) is 0. The van der Waals surface area contributed by atoms with E-state index in [2.05, 4.69) is 27.8 Å². The Balaban J connectivity index is 1.40. The lowest BCUT2D eigenvalue weighted by molar-refractivity contribution is -0.0824. The second-order valence-electron chi connectivity index (χ2n) is 9.51. The van der Waals surface area contributed by atoms with Gasteiger partial charge in [-0.05, 0) is 12.8 Å². The lowest BCUT2D eigenvalue weighted by atomic mass is 9.90. The maximum absolute atomic E-state index is 13.7. The molecule has 2 aromatic heterocycles. The van der Waals surface area contributed by atoms with Gasteiger partial charge in [-0.3, -0.25) is 4.57 Å². The van der Waals surface area contributed by atoms with Crippen molar-refractivity contribution in [2.75, 3.05) is 18.9 Å². The van der Waals surface area contributed by atoms with Crippen LogP contribution < -0.4 is 5.73 Å². The van der Waals surface area contributed by atoms with Crippen molar-refractivity contribution >= 4 is 23.1 Å². The number of carbonyl (C=O) groups excluding carboxylic acids is 1. The number of terminal acetylenes is 1. The SMILES string of the molecule is C#C[C@]1(COC(=O)OCCCCCCCCCCCC)O[C@@H](n2cnc3c(N)nc(F)nc32)C[C@@H]1C. The molecular formula is C26H38FN5O4. The van der Waals surface area contributed by atoms with Crippen LogP contribution in [0, 0.1) is 24.3 Å². The Kier molecular flexibility index (Phi) is 10.3. The smallest absolute Gasteiger partial charge is 0.434 e. The highest BCUT2D eigenvalue weighted by molar-refractivity contribution is 5.81. The third-order valence-electron chi connectivity index (χ3n) is 6.80. The van der Waals surface area contributed by atoms with Gasteiger partial charge >= 0.3 is 12.2 Å². The van der Waals surface area contributed by atoms with Crippen molar-refractivity contribution in [2.45, 2.75) is 96.3 Å². The second kappa shape index (κ2) is 13.4. The van der Waals surface area contributed by atoms with Crippen LogP contribution in [0.15, 0.2) is 6.33 Å². The van der Waals surface area contributed by atoms with E-state index >= 15 is 0 Å². The number of unbranched alkanes of at least 4 members (excludes halogenated alkanes) is 9. The first-order valence-corrected chi connectivity index (χ1v) is 13.0. The minimum Gasteiger partial charge on any atom is -0.434 e. The topological polar surface area (TPSA) is 114 Å². The summed E-state index contributed by atoms with van der Waals surface area (Å²) in [6, 6.07) is 0. The van der Waals surface area contributed by atoms with Crippen molar-refractivity contribution in [3.05, 3.63) is 12.4 Å². The quantitative estimate of drug-likeness (QED) is 0.154. The lowest BCUT2D eigenvalue weighted by Crippen LogP contribution is -2.39. The average molecular weight is 504 g/mol. The number of ether oxygens (including phenoxy) is 3. The van der Waals surface area contributed by atoms with Crippen molar-refractivity contribution < 1.29 is 23.4 Å². The van der Waals surface area contributed by atoms with Gasteiger partial charge in [0.1, 0.15) is 12.8 Å². The van der Waals surface area contributed by atoms with Crippen molar-refractivity contribution in [2.24, 2.45) is 5.92 Å². The lowest BCUT2D eigenvalue weighted by Gasteiger charge is -2.26. The molecule has 2 aromatic rings. The number of imidazole rings is 1. The van der Waals surface area contributed by atoms with Gasteiger partial charge in [0.05, 0.1) is 12.9 Å². The molecular weight excluding hydrogens is 465 g/mol. The summed E-state index contributed by atoms with van der Waals surface area (Å²) in [5.41, 5.74) is 5.07. The van der Waals surface area contributed by atoms with Gasteiger partial charge in [-0.2, -0.15) is 14.4 Å². The molecule has 0 unspecified atom stereocenters. The fourth-order valence-corrected chi connectivity index (χ4v) is 4.54. The molecule has 0 bridgehead atoms. The number of rotatable bonds is 14. The van der Waals surface area contributed by atoms with E-state index in [1.54, 1.807) is 4.57 Å². The van der Waals surface area contributed by atoms with Crippen LogP contribution >= 0.6 is 0 Å². The van der Waals surface area contributed by atoms with Crippen LogP contribution in [0.25, 0.3) is 11.2 Å². The van der Waals surface area contributed by atoms with E-state index in [-0.39, 0.29) is 29.5 Å². The Labute approximate surface area is 212 Å². The number of aromatic nitrogens is 4. The summed E-state index contributed by atoms with van der Waals surface area (Å²) in [6.45, 7) is 4.29. The zero-order valence-corrected chi connectivity index (χ0v) is 21.4. The third-order valence-corrected chi connectivity index (χ3v) is 6.80. The van der Waals surface area contributed by atoms with Gasteiger partial charge in [-0.25, -0.2) is 9.78 Å². The van der Waals surface area contributed by atoms with Crippen LogP contribution in [0.4, 0.5) is 15.0 Å². The van der Waals surface area contributed by atoms with E-state index in [0.29, 0.717) is 13.0 Å². The predicted molar refractivity (Wildman–Crippen MR) is 134 cm³/mol. The van der Waals surface area contributed by atoms with Gasteiger partial charge in [0.2, 0.25) is 0 Å². The number of nitrogens with two attached hydrogens (primary N) is 1. The molecule has 0 spiro atoms. The maximum Gasteiger partial charge on any atom is 0.508 e. The highest BCUT2D eigenvalue weighted by Gasteiger charge is 2.47. The molecule has 0 aliphatic carbocycles. The number of fused-ring (bicyclic) bond motifs is 1. The molecule has 0 aromatic carbocycles. The molecule has 10 heteroatoms. The van der Waals surface area contributed by atoms with Crippen LogP contribution in [0.1, 0.15) is 90.7 Å². The molecule has 3 heterocycles. The minimum absolute atomic E-state index is 0.0565. The third kappa shape index (κ3) is 7.06. The highest BCUT2D eigenvalue weighted by atomic mass is 19.1. The van der Waals surface area contributed by atoms with E-state index < -0.39 is 24.1 Å². The normalized spacial score (nSPS) is 21.5. The number of anilines is 1. The summed E-state index contributed by atoms with van der Waals surface area (Å²) in [5, 5.41) is 0. The van der Waals surface area contributed by atoms with E-state index in [1.807, 2.05) is 6.92 Å². The molecule has 36 heavy (non-hydrogen) atoms. The van der Waals surface area contributed by atoms with Crippen molar-refractivity contribution in [1.82, 2.24) is 19.5 Å². The Morgan fingerprint density at radius 3 is 2.53 bits per heavy atom. The molecule has 0 radical (unpaired) electrons. The van der Waals surface area contributed by atoms with Gasteiger partial charge in [0, 0.05) is 5.92 Å². The van der Waals surface area contributed by atoms with Crippen LogP contribution in [0.5, 0.6) is 0 Å². The number of halogens is 1. The minimum atomic E-state index is -1.16. The number of hydrogen-bond donors (Lipinski definition) is 1. The number of hydrogen-bond acceptors (Lipinski definition) is 8. The fourth-order valence-electron chi connectivity index (χ4n) is 4.54. The molecule has 1 aliphatic rings. The molecule has 0 saturated carbocycles. The Hall–Kier alpha value is -2.93. The Bertz CT molecular complexity index is 1040. The van der Waals surface area contributed by atoms with Gasteiger partial charge in [0.15, 0.2) is 22.6 Å². The molecule has 2 N–H and O–H groups in total. The second-order valence-corrected chi connectivity index (χ2v) is 9.51. The van der Waals surface area contributed by atoms with Crippen LogP contribution in [-0.4, -0.2) is 44.5 Å². The van der Waals surface area contributed by atoms with E-state index in [1.165, 1.54) is 51.3 Å². The van der Waals surface area contributed by atoms with Crippen LogP contribution in [0.2, 0.25) is 0 Å². The predicted octanol–water partition coefficient (Wildman–Crippen LogP) is 5.55. The highest BCUT2D eigenvalue weighted by Crippen LogP contribution is 2.42. The standard InChI is InChI=1S/C26H38FN5O4/c1-4-6-7-8-9-10-11-12-13-14-15-34-25(33)35-17-26(5-2)19(3)16-20(36-26)32-18-29-21-22(28)30-24(27)31-23(21)32/h2,18-20H,4,6-17H2,1,3H3,(H2,28,30,31)/t19-,20+,26+/m0/s1. The first-order chi connectivity index (χ1) is 17.4. The zero-order chi connectivity index (χ0) is 26.0. The Morgan fingerprint density at radius 1 is 1.19 bits per heavy atom. The van der Waals surface area contributed by atoms with Crippen LogP contribution in [0.3, 0.4) is 0 Å². The molecule has 3 atom stereocenters. The van der Waals surface area contributed by atoms with Crippen molar-refractivity contribution in [1.29, 1.82) is 0 Å².